The van der Waals surface area contributed by atoms with E-state index in [0.717, 1.165) is 23.0 Å². The summed E-state index contributed by atoms with van der Waals surface area (Å²) in [5.41, 5.74) is 17.8. The average molecular weight is 574 g/mol. The highest BCUT2D eigenvalue weighted by molar-refractivity contribution is 5.99. The molecule has 0 fully saturated rings. The summed E-state index contributed by atoms with van der Waals surface area (Å²) in [5.74, 6) is -1.53. The molecule has 2 atom stereocenters. The van der Waals surface area contributed by atoms with E-state index in [-0.39, 0.29) is 38.3 Å². The van der Waals surface area contributed by atoms with E-state index >= 15 is 0 Å². The van der Waals surface area contributed by atoms with E-state index in [1.807, 2.05) is 6.07 Å². The van der Waals surface area contributed by atoms with Crippen LogP contribution in [-0.4, -0.2) is 65.9 Å². The molecule has 13 heteroatoms. The van der Waals surface area contributed by atoms with Crippen molar-refractivity contribution < 1.29 is 27.6 Å². The van der Waals surface area contributed by atoms with Crippen molar-refractivity contribution in [2.45, 2.75) is 37.5 Å². The molecule has 41 heavy (non-hydrogen) atoms. The Morgan fingerprint density at radius 1 is 0.951 bits per heavy atom. The first kappa shape index (κ1) is 31.5. The molecule has 2 aromatic carbocycles. The molecule has 0 aliphatic rings. The molecule has 0 bridgehead atoms. The van der Waals surface area contributed by atoms with Crippen LogP contribution in [-0.2, 0) is 27.0 Å². The Balaban J connectivity index is 1.73. The van der Waals surface area contributed by atoms with Gasteiger partial charge in [-0.25, -0.2) is 0 Å². The van der Waals surface area contributed by atoms with Crippen LogP contribution < -0.4 is 27.8 Å². The van der Waals surface area contributed by atoms with Gasteiger partial charge in [0.25, 0.3) is 0 Å². The number of alkyl halides is 3. The van der Waals surface area contributed by atoms with Crippen LogP contribution in [0.1, 0.15) is 24.0 Å². The van der Waals surface area contributed by atoms with E-state index < -0.39 is 35.6 Å². The second-order valence-electron chi connectivity index (χ2n) is 9.46. The molecule has 3 amide bonds. The number of halogens is 3. The van der Waals surface area contributed by atoms with Gasteiger partial charge in [0.05, 0.1) is 17.1 Å². The minimum Gasteiger partial charge on any atom is -0.343 e. The van der Waals surface area contributed by atoms with Gasteiger partial charge in [-0.2, -0.15) is 13.2 Å². The third-order valence-electron chi connectivity index (χ3n) is 6.38. The van der Waals surface area contributed by atoms with Gasteiger partial charge in [-0.1, -0.05) is 18.2 Å². The van der Waals surface area contributed by atoms with Crippen molar-refractivity contribution in [1.82, 2.24) is 15.2 Å². The third kappa shape index (κ3) is 9.23. The Hall–Kier alpha value is -4.07. The normalized spacial score (nSPS) is 12.9. The molecule has 8 N–H and O–H groups in total. The number of anilines is 1. The third-order valence-corrected chi connectivity index (χ3v) is 6.38. The average Bonchev–Trinajstić information content (AvgIpc) is 2.94. The lowest BCUT2D eigenvalue weighted by Gasteiger charge is -2.23. The Morgan fingerprint density at radius 2 is 1.63 bits per heavy atom. The summed E-state index contributed by atoms with van der Waals surface area (Å²) in [5, 5.41) is 6.11. The number of benzene rings is 2. The fourth-order valence-corrected chi connectivity index (χ4v) is 4.18. The molecule has 0 aliphatic carbocycles. The van der Waals surface area contributed by atoms with E-state index in [0.29, 0.717) is 24.3 Å². The van der Waals surface area contributed by atoms with E-state index in [2.05, 4.69) is 15.6 Å². The number of hydrogen-bond donors (Lipinski definition) is 5. The number of carbonyl (C=O) groups excluding carboxylic acids is 3. The number of nitrogens with one attached hydrogen (secondary N) is 2. The smallest absolute Gasteiger partial charge is 0.343 e. The lowest BCUT2D eigenvalue weighted by Crippen LogP contribution is -2.51. The van der Waals surface area contributed by atoms with Gasteiger partial charge in [-0.3, -0.25) is 19.4 Å². The molecule has 0 saturated carbocycles. The molecule has 1 heterocycles. The van der Waals surface area contributed by atoms with E-state index in [1.54, 1.807) is 30.5 Å². The highest BCUT2D eigenvalue weighted by Gasteiger charge is 2.30. The Labute approximate surface area is 235 Å². The summed E-state index contributed by atoms with van der Waals surface area (Å²) in [6.45, 7) is 1.15. The molecule has 3 aromatic rings. The van der Waals surface area contributed by atoms with Crippen molar-refractivity contribution in [2.75, 3.05) is 31.5 Å². The van der Waals surface area contributed by atoms with Crippen molar-refractivity contribution in [3.63, 3.8) is 0 Å². The standard InChI is InChI=1S/C28H34F3N7O3/c29-28(30,31)20-5-3-18(4-6-20)16-24(27(41)36-21-7-9-23-19(17-21)2-1-13-35-23)37-26(40)22(34)8-10-25(39)38(14-11-32)15-12-33/h1-7,9,13,17,22,24H,8,10-12,14-16,32-34H2,(H,36,41)(H,37,40)/t22-,24+/m0/s1. The van der Waals surface area contributed by atoms with Crippen molar-refractivity contribution >= 4 is 34.3 Å². The van der Waals surface area contributed by atoms with E-state index in [4.69, 9.17) is 17.2 Å². The van der Waals surface area contributed by atoms with Crippen LogP contribution in [0.2, 0.25) is 0 Å². The van der Waals surface area contributed by atoms with Crippen molar-refractivity contribution in [2.24, 2.45) is 17.2 Å². The van der Waals surface area contributed by atoms with Gasteiger partial charge in [0.15, 0.2) is 0 Å². The van der Waals surface area contributed by atoms with Crippen LogP contribution in [0.4, 0.5) is 18.9 Å². The summed E-state index contributed by atoms with van der Waals surface area (Å²) in [4.78, 5) is 44.5. The number of hydrogen-bond acceptors (Lipinski definition) is 7. The molecule has 220 valence electrons. The second kappa shape index (κ2) is 14.5. The predicted molar refractivity (Wildman–Crippen MR) is 149 cm³/mol. The number of carbonyl (C=O) groups is 3. The molecular weight excluding hydrogens is 539 g/mol. The second-order valence-corrected chi connectivity index (χ2v) is 9.46. The predicted octanol–water partition coefficient (Wildman–Crippen LogP) is 1.77. The summed E-state index contributed by atoms with van der Waals surface area (Å²) in [6, 6.07) is 10.7. The molecule has 0 radical (unpaired) electrons. The number of amides is 3. The van der Waals surface area contributed by atoms with Crippen LogP contribution in [0, 0.1) is 0 Å². The fourth-order valence-electron chi connectivity index (χ4n) is 4.18. The summed E-state index contributed by atoms with van der Waals surface area (Å²) in [7, 11) is 0. The molecule has 0 unspecified atom stereocenters. The van der Waals surface area contributed by atoms with Crippen molar-refractivity contribution in [1.29, 1.82) is 0 Å². The Morgan fingerprint density at radius 3 is 2.27 bits per heavy atom. The number of nitrogens with two attached hydrogens (primary N) is 3. The van der Waals surface area contributed by atoms with Gasteiger partial charge in [-0.05, 0) is 48.4 Å². The monoisotopic (exact) mass is 573 g/mol. The highest BCUT2D eigenvalue weighted by Crippen LogP contribution is 2.29. The molecule has 1 aromatic heterocycles. The zero-order chi connectivity index (χ0) is 30.0. The number of pyridine rings is 1. The first-order valence-electron chi connectivity index (χ1n) is 13.1. The van der Waals surface area contributed by atoms with Crippen LogP contribution in [0.5, 0.6) is 0 Å². The number of aromatic nitrogens is 1. The van der Waals surface area contributed by atoms with Crippen LogP contribution in [0.25, 0.3) is 10.9 Å². The van der Waals surface area contributed by atoms with Gasteiger partial charge in [0.1, 0.15) is 6.04 Å². The molecular formula is C28H34F3N7O3. The van der Waals surface area contributed by atoms with E-state index in [1.165, 1.54) is 17.0 Å². The summed E-state index contributed by atoms with van der Waals surface area (Å²) < 4.78 is 39.0. The maximum Gasteiger partial charge on any atom is 0.416 e. The van der Waals surface area contributed by atoms with Gasteiger partial charge in [0.2, 0.25) is 17.7 Å². The Kier molecular flexibility index (Phi) is 11.1. The van der Waals surface area contributed by atoms with Crippen molar-refractivity contribution in [3.8, 4) is 0 Å². The number of rotatable bonds is 13. The summed E-state index contributed by atoms with van der Waals surface area (Å²) >= 11 is 0. The minimum atomic E-state index is -4.51. The minimum absolute atomic E-state index is 0.00258. The zero-order valence-corrected chi connectivity index (χ0v) is 22.4. The molecule has 0 saturated heterocycles. The van der Waals surface area contributed by atoms with Crippen LogP contribution >= 0.6 is 0 Å². The van der Waals surface area contributed by atoms with Crippen molar-refractivity contribution in [3.05, 3.63) is 71.9 Å². The molecule has 0 spiro atoms. The highest BCUT2D eigenvalue weighted by atomic mass is 19.4. The number of fused-ring (bicyclic) bond motifs is 1. The molecule has 3 rings (SSSR count). The van der Waals surface area contributed by atoms with E-state index in [9.17, 15) is 27.6 Å². The first-order chi connectivity index (χ1) is 19.5. The van der Waals surface area contributed by atoms with Gasteiger partial charge in [-0.15, -0.1) is 0 Å². The Bertz CT molecular complexity index is 1330. The summed E-state index contributed by atoms with van der Waals surface area (Å²) in [6.07, 6.45) is -3.00. The SMILES string of the molecule is NCCN(CCN)C(=O)CC[C@H](N)C(=O)N[C@H](Cc1ccc(C(F)(F)F)cc1)C(=O)Nc1ccc2ncccc2c1. The zero-order valence-electron chi connectivity index (χ0n) is 22.4. The number of nitrogens with zero attached hydrogens (tertiary/aromatic N) is 2. The van der Waals surface area contributed by atoms with Crippen LogP contribution in [0.15, 0.2) is 60.8 Å². The fraction of sp³-hybridized carbons (Fsp3) is 0.357. The first-order valence-corrected chi connectivity index (χ1v) is 13.1. The van der Waals surface area contributed by atoms with Gasteiger partial charge >= 0.3 is 6.18 Å². The largest absolute Gasteiger partial charge is 0.416 e. The lowest BCUT2D eigenvalue weighted by atomic mass is 10.0. The quantitative estimate of drug-likeness (QED) is 0.208. The van der Waals surface area contributed by atoms with Gasteiger partial charge < -0.3 is 32.7 Å². The topological polar surface area (TPSA) is 169 Å². The lowest BCUT2D eigenvalue weighted by molar-refractivity contribution is -0.137. The maximum absolute atomic E-state index is 13.3. The molecule has 0 aliphatic heterocycles. The van der Waals surface area contributed by atoms with Crippen LogP contribution in [0.3, 0.4) is 0 Å². The van der Waals surface area contributed by atoms with Gasteiger partial charge in [0, 0.05) is 56.3 Å². The maximum atomic E-state index is 13.3. The molecule has 10 nitrogen and oxygen atoms in total.